The largest absolute Gasteiger partial charge is 0.319 e. The Morgan fingerprint density at radius 1 is 1.38 bits per heavy atom. The lowest BCUT2D eigenvalue weighted by molar-refractivity contribution is 0.816. The van der Waals surface area contributed by atoms with Gasteiger partial charge in [0.1, 0.15) is 0 Å². The number of hydrogen-bond donors (Lipinski definition) is 1. The van der Waals surface area contributed by atoms with E-state index in [-0.39, 0.29) is 0 Å². The third-order valence-corrected chi connectivity index (χ3v) is 2.20. The Labute approximate surface area is 80.5 Å². The van der Waals surface area contributed by atoms with E-state index in [4.69, 9.17) is 0 Å². The summed E-state index contributed by atoms with van der Waals surface area (Å²) in [6, 6.07) is 8.38. The topological polar surface area (TPSA) is 12.0 Å². The van der Waals surface area contributed by atoms with E-state index in [0.717, 1.165) is 13.0 Å². The molecule has 0 heterocycles. The van der Waals surface area contributed by atoms with E-state index < -0.39 is 0 Å². The highest BCUT2D eigenvalue weighted by atomic mass is 14.8. The molecule has 0 fully saturated rings. The fraction of sp³-hybridized carbons (Fsp3) is 0.333. The molecule has 0 amide bonds. The summed E-state index contributed by atoms with van der Waals surface area (Å²) >= 11 is 0. The van der Waals surface area contributed by atoms with Crippen LogP contribution >= 0.6 is 0 Å². The molecule has 1 N–H and O–H groups in total. The summed E-state index contributed by atoms with van der Waals surface area (Å²) in [5, 5.41) is 3.13. The molecule has 0 saturated carbocycles. The maximum Gasteiger partial charge on any atom is -0.00114 e. The van der Waals surface area contributed by atoms with E-state index in [1.165, 1.54) is 16.7 Å². The highest BCUT2D eigenvalue weighted by Crippen LogP contribution is 2.18. The molecular formula is C12H17N. The standard InChI is InChI=1S/C12H17N/c1-10-6-4-5-7-12(10)11(2)8-9-13-3/h4-7,13H,2,8-9H2,1,3H3. The van der Waals surface area contributed by atoms with Gasteiger partial charge >= 0.3 is 0 Å². The molecule has 1 aromatic carbocycles. The molecule has 0 atom stereocenters. The summed E-state index contributed by atoms with van der Waals surface area (Å²) in [4.78, 5) is 0. The molecule has 0 saturated heterocycles. The maximum absolute atomic E-state index is 4.08. The van der Waals surface area contributed by atoms with E-state index >= 15 is 0 Å². The summed E-state index contributed by atoms with van der Waals surface area (Å²) in [7, 11) is 1.96. The Balaban J connectivity index is 2.71. The van der Waals surface area contributed by atoms with Crippen LogP contribution in [0.2, 0.25) is 0 Å². The molecular weight excluding hydrogens is 158 g/mol. The fourth-order valence-electron chi connectivity index (χ4n) is 1.38. The van der Waals surface area contributed by atoms with E-state index in [2.05, 4.69) is 43.1 Å². The molecule has 1 aromatic rings. The maximum atomic E-state index is 4.08. The van der Waals surface area contributed by atoms with Crippen molar-refractivity contribution in [2.75, 3.05) is 13.6 Å². The lowest BCUT2D eigenvalue weighted by Gasteiger charge is -2.08. The lowest BCUT2D eigenvalue weighted by Crippen LogP contribution is -2.07. The van der Waals surface area contributed by atoms with Crippen molar-refractivity contribution in [3.05, 3.63) is 42.0 Å². The van der Waals surface area contributed by atoms with Gasteiger partial charge in [-0.05, 0) is 43.6 Å². The van der Waals surface area contributed by atoms with Crippen molar-refractivity contribution in [3.8, 4) is 0 Å². The molecule has 1 nitrogen and oxygen atoms in total. The molecule has 0 radical (unpaired) electrons. The van der Waals surface area contributed by atoms with Crippen LogP contribution in [-0.4, -0.2) is 13.6 Å². The van der Waals surface area contributed by atoms with Crippen molar-refractivity contribution in [2.45, 2.75) is 13.3 Å². The van der Waals surface area contributed by atoms with E-state index in [9.17, 15) is 0 Å². The Kier molecular flexibility index (Phi) is 3.71. The third-order valence-electron chi connectivity index (χ3n) is 2.20. The molecule has 13 heavy (non-hydrogen) atoms. The summed E-state index contributed by atoms with van der Waals surface area (Å²) in [5.41, 5.74) is 3.81. The molecule has 0 aromatic heterocycles. The van der Waals surface area contributed by atoms with Gasteiger partial charge in [-0.1, -0.05) is 30.8 Å². The van der Waals surface area contributed by atoms with Gasteiger partial charge in [0.25, 0.3) is 0 Å². The first kappa shape index (κ1) is 10.0. The van der Waals surface area contributed by atoms with Crippen LogP contribution < -0.4 is 5.32 Å². The number of hydrogen-bond acceptors (Lipinski definition) is 1. The van der Waals surface area contributed by atoms with Crippen LogP contribution in [0.1, 0.15) is 17.5 Å². The van der Waals surface area contributed by atoms with Crippen LogP contribution in [0, 0.1) is 6.92 Å². The number of aryl methyl sites for hydroxylation is 1. The Bertz CT molecular complexity index is 289. The van der Waals surface area contributed by atoms with E-state index in [1.807, 2.05) is 7.05 Å². The average molecular weight is 175 g/mol. The first-order chi connectivity index (χ1) is 6.25. The molecule has 0 aliphatic carbocycles. The first-order valence-electron chi connectivity index (χ1n) is 4.64. The predicted octanol–water partition coefficient (Wildman–Crippen LogP) is 2.62. The second-order valence-corrected chi connectivity index (χ2v) is 3.27. The number of benzene rings is 1. The van der Waals surface area contributed by atoms with E-state index in [1.54, 1.807) is 0 Å². The minimum absolute atomic E-state index is 0.993. The Morgan fingerprint density at radius 3 is 2.69 bits per heavy atom. The van der Waals surface area contributed by atoms with Crippen LogP contribution in [0.15, 0.2) is 30.8 Å². The smallest absolute Gasteiger partial charge is 0.00114 e. The van der Waals surface area contributed by atoms with Crippen molar-refractivity contribution < 1.29 is 0 Å². The highest BCUT2D eigenvalue weighted by molar-refractivity contribution is 5.66. The van der Waals surface area contributed by atoms with Crippen molar-refractivity contribution in [1.82, 2.24) is 5.32 Å². The zero-order valence-electron chi connectivity index (χ0n) is 8.43. The Hall–Kier alpha value is -1.08. The summed E-state index contributed by atoms with van der Waals surface area (Å²) in [6.07, 6.45) is 1.02. The van der Waals surface area contributed by atoms with Gasteiger partial charge in [-0.15, -0.1) is 0 Å². The second kappa shape index (κ2) is 4.83. The zero-order valence-corrected chi connectivity index (χ0v) is 8.43. The quantitative estimate of drug-likeness (QED) is 0.741. The first-order valence-corrected chi connectivity index (χ1v) is 4.64. The van der Waals surface area contributed by atoms with Gasteiger partial charge in [0, 0.05) is 0 Å². The lowest BCUT2D eigenvalue weighted by atomic mass is 10.00. The Morgan fingerprint density at radius 2 is 2.08 bits per heavy atom. The molecule has 1 heteroatoms. The molecule has 1 rings (SSSR count). The van der Waals surface area contributed by atoms with Crippen molar-refractivity contribution >= 4 is 5.57 Å². The fourth-order valence-corrected chi connectivity index (χ4v) is 1.38. The molecule has 0 aliphatic heterocycles. The molecule has 0 unspecified atom stereocenters. The van der Waals surface area contributed by atoms with Crippen LogP contribution in [0.25, 0.3) is 5.57 Å². The molecule has 0 spiro atoms. The van der Waals surface area contributed by atoms with Crippen LogP contribution in [-0.2, 0) is 0 Å². The van der Waals surface area contributed by atoms with Gasteiger partial charge in [0.05, 0.1) is 0 Å². The van der Waals surface area contributed by atoms with Gasteiger partial charge in [-0.2, -0.15) is 0 Å². The van der Waals surface area contributed by atoms with Gasteiger partial charge < -0.3 is 5.32 Å². The van der Waals surface area contributed by atoms with Crippen molar-refractivity contribution in [2.24, 2.45) is 0 Å². The zero-order chi connectivity index (χ0) is 9.68. The second-order valence-electron chi connectivity index (χ2n) is 3.27. The van der Waals surface area contributed by atoms with Crippen LogP contribution in [0.3, 0.4) is 0 Å². The van der Waals surface area contributed by atoms with Gasteiger partial charge in [-0.3, -0.25) is 0 Å². The van der Waals surface area contributed by atoms with Gasteiger partial charge in [-0.25, -0.2) is 0 Å². The van der Waals surface area contributed by atoms with Crippen LogP contribution in [0.4, 0.5) is 0 Å². The highest BCUT2D eigenvalue weighted by Gasteiger charge is 2.00. The van der Waals surface area contributed by atoms with Crippen LogP contribution in [0.5, 0.6) is 0 Å². The van der Waals surface area contributed by atoms with Crippen molar-refractivity contribution in [3.63, 3.8) is 0 Å². The average Bonchev–Trinajstić information content (AvgIpc) is 2.15. The molecule has 0 bridgehead atoms. The predicted molar refractivity (Wildman–Crippen MR) is 58.8 cm³/mol. The molecule has 0 aliphatic rings. The van der Waals surface area contributed by atoms with Gasteiger partial charge in [0.2, 0.25) is 0 Å². The summed E-state index contributed by atoms with van der Waals surface area (Å²) in [6.45, 7) is 7.20. The normalized spacial score (nSPS) is 10.0. The van der Waals surface area contributed by atoms with E-state index in [0.29, 0.717) is 0 Å². The van der Waals surface area contributed by atoms with Gasteiger partial charge in [0.15, 0.2) is 0 Å². The minimum atomic E-state index is 0.993. The monoisotopic (exact) mass is 175 g/mol. The number of rotatable bonds is 4. The minimum Gasteiger partial charge on any atom is -0.319 e. The van der Waals surface area contributed by atoms with Crippen molar-refractivity contribution in [1.29, 1.82) is 0 Å². The summed E-state index contributed by atoms with van der Waals surface area (Å²) < 4.78 is 0. The molecule has 70 valence electrons. The summed E-state index contributed by atoms with van der Waals surface area (Å²) in [5.74, 6) is 0. The third kappa shape index (κ3) is 2.71. The SMILES string of the molecule is C=C(CCNC)c1ccccc1C. The number of nitrogens with one attached hydrogen (secondary N) is 1.